The predicted molar refractivity (Wildman–Crippen MR) is 123 cm³/mol. The molecule has 9 heteroatoms. The summed E-state index contributed by atoms with van der Waals surface area (Å²) in [7, 11) is 1.61. The monoisotopic (exact) mass is 453 g/mol. The number of aliphatic hydroxyl groups excluding tert-OH is 1. The van der Waals surface area contributed by atoms with E-state index in [1.54, 1.807) is 36.1 Å². The number of methoxy groups -OCH3 is 1. The van der Waals surface area contributed by atoms with Crippen molar-refractivity contribution in [2.45, 2.75) is 25.8 Å². The first-order chi connectivity index (χ1) is 15.5. The molecular formula is C23H24ClN5O3. The SMILES string of the molecule is COc1ccc([C@H]2C(C(=O)Nc3ccc(Cl)cc3)=C(C)Nc3nc(CCCO)nn32)cc1. The molecule has 0 fully saturated rings. The van der Waals surface area contributed by atoms with Crippen molar-refractivity contribution >= 4 is 29.1 Å². The fraction of sp³-hybridized carbons (Fsp3) is 0.261. The topological polar surface area (TPSA) is 101 Å². The van der Waals surface area contributed by atoms with Crippen LogP contribution in [0.3, 0.4) is 0 Å². The Morgan fingerprint density at radius 1 is 1.22 bits per heavy atom. The molecule has 0 spiro atoms. The second-order valence-corrected chi connectivity index (χ2v) is 7.86. The average molecular weight is 454 g/mol. The van der Waals surface area contributed by atoms with Gasteiger partial charge in [0.15, 0.2) is 5.82 Å². The standard InChI is InChI=1S/C23H24ClN5O3/c1-14-20(22(31)26-17-9-7-16(24)8-10-17)21(15-5-11-18(32-2)12-6-15)29-23(25-14)27-19(28-29)4-3-13-30/h5-12,21,30H,3-4,13H2,1-2H3,(H,26,31)(H,25,27,28)/t21-/m0/s1. The summed E-state index contributed by atoms with van der Waals surface area (Å²) in [6, 6.07) is 14.0. The number of aromatic nitrogens is 3. The highest BCUT2D eigenvalue weighted by atomic mass is 35.5. The number of halogens is 1. The summed E-state index contributed by atoms with van der Waals surface area (Å²) in [4.78, 5) is 18.0. The van der Waals surface area contributed by atoms with E-state index in [9.17, 15) is 4.79 Å². The van der Waals surface area contributed by atoms with Crippen LogP contribution in [0.15, 0.2) is 59.8 Å². The molecule has 3 N–H and O–H groups in total. The fourth-order valence-corrected chi connectivity index (χ4v) is 3.78. The van der Waals surface area contributed by atoms with Crippen molar-refractivity contribution in [1.82, 2.24) is 14.8 Å². The van der Waals surface area contributed by atoms with Crippen molar-refractivity contribution in [3.8, 4) is 5.75 Å². The number of fused-ring (bicyclic) bond motifs is 1. The molecule has 2 aromatic carbocycles. The third kappa shape index (κ3) is 4.46. The van der Waals surface area contributed by atoms with E-state index < -0.39 is 6.04 Å². The summed E-state index contributed by atoms with van der Waals surface area (Å²) in [6.07, 6.45) is 1.10. The zero-order valence-corrected chi connectivity index (χ0v) is 18.6. The number of hydrogen-bond donors (Lipinski definition) is 3. The molecule has 0 radical (unpaired) electrons. The number of ether oxygens (including phenoxy) is 1. The molecule has 4 rings (SSSR count). The van der Waals surface area contributed by atoms with Gasteiger partial charge in [-0.25, -0.2) is 4.68 Å². The van der Waals surface area contributed by atoms with Gasteiger partial charge in [-0.05, 0) is 55.3 Å². The maximum Gasteiger partial charge on any atom is 0.255 e. The van der Waals surface area contributed by atoms with Crippen molar-refractivity contribution < 1.29 is 14.6 Å². The largest absolute Gasteiger partial charge is 0.497 e. The summed E-state index contributed by atoms with van der Waals surface area (Å²) in [5.41, 5.74) is 2.72. The summed E-state index contributed by atoms with van der Waals surface area (Å²) in [6.45, 7) is 1.91. The van der Waals surface area contributed by atoms with E-state index in [1.807, 2.05) is 31.2 Å². The zero-order chi connectivity index (χ0) is 22.7. The van der Waals surface area contributed by atoms with Crippen LogP contribution in [-0.2, 0) is 11.2 Å². The third-order valence-corrected chi connectivity index (χ3v) is 5.49. The van der Waals surface area contributed by atoms with Crippen LogP contribution in [0.5, 0.6) is 5.75 Å². The Kier molecular flexibility index (Phi) is 6.43. The maximum atomic E-state index is 13.4. The molecule has 1 aromatic heterocycles. The Bertz CT molecular complexity index is 1140. The Balaban J connectivity index is 1.74. The van der Waals surface area contributed by atoms with Gasteiger partial charge in [-0.2, -0.15) is 10.1 Å². The number of hydrogen-bond acceptors (Lipinski definition) is 6. The van der Waals surface area contributed by atoms with Gasteiger partial charge in [0, 0.05) is 29.4 Å². The molecule has 166 valence electrons. The molecule has 3 aromatic rings. The van der Waals surface area contributed by atoms with E-state index in [1.165, 1.54) is 0 Å². The molecule has 0 aliphatic carbocycles. The molecule has 1 amide bonds. The first-order valence-corrected chi connectivity index (χ1v) is 10.6. The minimum atomic E-state index is -0.486. The lowest BCUT2D eigenvalue weighted by molar-refractivity contribution is -0.113. The minimum absolute atomic E-state index is 0.0608. The number of nitrogens with one attached hydrogen (secondary N) is 2. The lowest BCUT2D eigenvalue weighted by atomic mass is 9.95. The number of nitrogens with zero attached hydrogens (tertiary/aromatic N) is 3. The molecule has 0 saturated heterocycles. The molecule has 32 heavy (non-hydrogen) atoms. The number of amides is 1. The number of aryl methyl sites for hydroxylation is 1. The van der Waals surface area contributed by atoms with Gasteiger partial charge in [0.2, 0.25) is 5.95 Å². The van der Waals surface area contributed by atoms with Gasteiger partial charge in [-0.3, -0.25) is 4.79 Å². The summed E-state index contributed by atoms with van der Waals surface area (Å²) in [5, 5.41) is 20.6. The first kappa shape index (κ1) is 21.9. The predicted octanol–water partition coefficient (Wildman–Crippen LogP) is 3.79. The molecule has 0 bridgehead atoms. The van der Waals surface area contributed by atoms with Gasteiger partial charge in [0.1, 0.15) is 11.8 Å². The lowest BCUT2D eigenvalue weighted by Crippen LogP contribution is -2.31. The molecule has 1 aliphatic rings. The van der Waals surface area contributed by atoms with E-state index in [2.05, 4.69) is 20.7 Å². The Hall–Kier alpha value is -3.36. The van der Waals surface area contributed by atoms with E-state index in [0.717, 1.165) is 11.3 Å². The summed E-state index contributed by atoms with van der Waals surface area (Å²) in [5.74, 6) is 1.63. The molecular weight excluding hydrogens is 430 g/mol. The normalized spacial score (nSPS) is 15.2. The smallest absolute Gasteiger partial charge is 0.255 e. The first-order valence-electron chi connectivity index (χ1n) is 10.2. The lowest BCUT2D eigenvalue weighted by Gasteiger charge is -2.28. The van der Waals surface area contributed by atoms with E-state index in [-0.39, 0.29) is 12.5 Å². The Morgan fingerprint density at radius 3 is 2.59 bits per heavy atom. The molecule has 1 aliphatic heterocycles. The van der Waals surface area contributed by atoms with Crippen molar-refractivity contribution in [3.63, 3.8) is 0 Å². The number of carbonyl (C=O) groups excluding carboxylic acids is 1. The maximum absolute atomic E-state index is 13.4. The molecule has 2 heterocycles. The van der Waals surface area contributed by atoms with Crippen LogP contribution in [0.25, 0.3) is 0 Å². The highest BCUT2D eigenvalue weighted by Gasteiger charge is 2.34. The van der Waals surface area contributed by atoms with Crippen molar-refractivity contribution in [2.75, 3.05) is 24.4 Å². The van der Waals surface area contributed by atoms with Gasteiger partial charge in [-0.1, -0.05) is 23.7 Å². The van der Waals surface area contributed by atoms with Crippen LogP contribution in [0, 0.1) is 0 Å². The number of rotatable bonds is 7. The third-order valence-electron chi connectivity index (χ3n) is 5.23. The fourth-order valence-electron chi connectivity index (χ4n) is 3.66. The van der Waals surface area contributed by atoms with Gasteiger partial charge in [0.25, 0.3) is 5.91 Å². The second kappa shape index (κ2) is 9.42. The Labute approximate surface area is 190 Å². The van der Waals surface area contributed by atoms with Crippen LogP contribution in [0.1, 0.15) is 30.8 Å². The van der Waals surface area contributed by atoms with Crippen LogP contribution in [0.2, 0.25) is 5.02 Å². The second-order valence-electron chi connectivity index (χ2n) is 7.42. The van der Waals surface area contributed by atoms with Crippen LogP contribution >= 0.6 is 11.6 Å². The van der Waals surface area contributed by atoms with Gasteiger partial charge in [0.05, 0.1) is 12.7 Å². The highest BCUT2D eigenvalue weighted by molar-refractivity contribution is 6.30. The van der Waals surface area contributed by atoms with Crippen LogP contribution < -0.4 is 15.4 Å². The zero-order valence-electron chi connectivity index (χ0n) is 17.8. The summed E-state index contributed by atoms with van der Waals surface area (Å²) >= 11 is 5.97. The van der Waals surface area contributed by atoms with E-state index >= 15 is 0 Å². The number of anilines is 2. The van der Waals surface area contributed by atoms with Gasteiger partial charge >= 0.3 is 0 Å². The highest BCUT2D eigenvalue weighted by Crippen LogP contribution is 2.36. The molecule has 0 saturated carbocycles. The van der Waals surface area contributed by atoms with Gasteiger partial charge in [-0.15, -0.1) is 0 Å². The molecule has 0 unspecified atom stereocenters. The number of benzene rings is 2. The average Bonchev–Trinajstić information content (AvgIpc) is 3.20. The van der Waals surface area contributed by atoms with Crippen LogP contribution in [-0.4, -0.2) is 39.5 Å². The minimum Gasteiger partial charge on any atom is -0.497 e. The van der Waals surface area contributed by atoms with E-state index in [0.29, 0.717) is 46.6 Å². The molecule has 8 nitrogen and oxygen atoms in total. The number of carbonyl (C=O) groups is 1. The quantitative estimate of drug-likeness (QED) is 0.503. The van der Waals surface area contributed by atoms with Crippen molar-refractivity contribution in [3.05, 3.63) is 76.2 Å². The van der Waals surface area contributed by atoms with E-state index in [4.69, 9.17) is 21.4 Å². The van der Waals surface area contributed by atoms with Crippen molar-refractivity contribution in [2.24, 2.45) is 0 Å². The Morgan fingerprint density at radius 2 is 1.94 bits per heavy atom. The van der Waals surface area contributed by atoms with Crippen LogP contribution in [0.4, 0.5) is 11.6 Å². The van der Waals surface area contributed by atoms with Crippen molar-refractivity contribution in [1.29, 1.82) is 0 Å². The number of allylic oxidation sites excluding steroid dienone is 1. The number of aliphatic hydroxyl groups is 1. The van der Waals surface area contributed by atoms with Gasteiger partial charge < -0.3 is 20.5 Å². The molecule has 1 atom stereocenters. The summed E-state index contributed by atoms with van der Waals surface area (Å²) < 4.78 is 7.01.